The number of nitrogens with zero attached hydrogens (tertiary/aromatic N) is 2. The average molecular weight is 348 g/mol. The van der Waals surface area contributed by atoms with Gasteiger partial charge in [0.2, 0.25) is 5.91 Å². The summed E-state index contributed by atoms with van der Waals surface area (Å²) in [6, 6.07) is 5.25. The molecule has 126 valence electrons. The fourth-order valence-electron chi connectivity index (χ4n) is 2.07. The van der Waals surface area contributed by atoms with Gasteiger partial charge in [-0.1, -0.05) is 17.7 Å². The van der Waals surface area contributed by atoms with Gasteiger partial charge < -0.3 is 15.5 Å². The van der Waals surface area contributed by atoms with Gasteiger partial charge >= 0.3 is 0 Å². The highest BCUT2D eigenvalue weighted by Gasteiger charge is 2.10. The number of aromatic nitrogens is 1. The van der Waals surface area contributed by atoms with Crippen LogP contribution >= 0.6 is 11.6 Å². The standard InChI is InChI=1S/C17H18ClN3O3/c1-10-14(18)4-3-5-15(10)21-16(23)8-19-7-13-12(9-22)6-20-11(2)17(13)24/h3-7,22,24H,8-9H2,1-2H3,(H,21,23). The van der Waals surface area contributed by atoms with E-state index in [2.05, 4.69) is 15.3 Å². The first-order valence-electron chi connectivity index (χ1n) is 7.27. The van der Waals surface area contributed by atoms with Crippen LogP contribution in [0.15, 0.2) is 29.4 Å². The first kappa shape index (κ1) is 17.9. The Morgan fingerprint density at radius 3 is 2.88 bits per heavy atom. The van der Waals surface area contributed by atoms with E-state index in [1.807, 2.05) is 6.92 Å². The van der Waals surface area contributed by atoms with Gasteiger partial charge in [0.25, 0.3) is 0 Å². The topological polar surface area (TPSA) is 94.8 Å². The van der Waals surface area contributed by atoms with Crippen LogP contribution in [0.1, 0.15) is 22.4 Å². The summed E-state index contributed by atoms with van der Waals surface area (Å²) in [6.45, 7) is 3.04. The van der Waals surface area contributed by atoms with Crippen molar-refractivity contribution in [1.82, 2.24) is 4.98 Å². The van der Waals surface area contributed by atoms with E-state index in [0.717, 1.165) is 5.56 Å². The maximum atomic E-state index is 12.0. The molecule has 24 heavy (non-hydrogen) atoms. The first-order chi connectivity index (χ1) is 11.4. The second-order valence-corrected chi connectivity index (χ2v) is 5.63. The van der Waals surface area contributed by atoms with Crippen LogP contribution in [0, 0.1) is 13.8 Å². The first-order valence-corrected chi connectivity index (χ1v) is 7.65. The number of aliphatic hydroxyl groups is 1. The molecule has 2 rings (SSSR count). The highest BCUT2D eigenvalue weighted by molar-refractivity contribution is 6.31. The van der Waals surface area contributed by atoms with E-state index in [0.29, 0.717) is 27.5 Å². The van der Waals surface area contributed by atoms with Gasteiger partial charge in [-0.15, -0.1) is 0 Å². The number of aromatic hydroxyl groups is 1. The molecule has 0 spiro atoms. The van der Waals surface area contributed by atoms with Crippen molar-refractivity contribution in [2.24, 2.45) is 4.99 Å². The minimum Gasteiger partial charge on any atom is -0.505 e. The lowest BCUT2D eigenvalue weighted by Crippen LogP contribution is -2.15. The summed E-state index contributed by atoms with van der Waals surface area (Å²) in [6.07, 6.45) is 2.83. The minimum absolute atomic E-state index is 0.0589. The Morgan fingerprint density at radius 2 is 2.17 bits per heavy atom. The van der Waals surface area contributed by atoms with Gasteiger partial charge in [0.1, 0.15) is 12.3 Å². The molecule has 0 unspecified atom stereocenters. The number of carbonyl (C=O) groups excluding carboxylic acids is 1. The summed E-state index contributed by atoms with van der Waals surface area (Å²) in [5, 5.41) is 22.6. The number of hydrogen-bond acceptors (Lipinski definition) is 5. The van der Waals surface area contributed by atoms with Gasteiger partial charge in [-0.2, -0.15) is 0 Å². The van der Waals surface area contributed by atoms with E-state index in [1.54, 1.807) is 25.1 Å². The predicted molar refractivity (Wildman–Crippen MR) is 93.8 cm³/mol. The zero-order chi connectivity index (χ0) is 17.7. The van der Waals surface area contributed by atoms with Crippen molar-refractivity contribution < 1.29 is 15.0 Å². The van der Waals surface area contributed by atoms with E-state index in [9.17, 15) is 15.0 Å². The van der Waals surface area contributed by atoms with Crippen LogP contribution in [-0.4, -0.2) is 33.9 Å². The van der Waals surface area contributed by atoms with Crippen molar-refractivity contribution in [3.8, 4) is 5.75 Å². The number of aryl methyl sites for hydroxylation is 1. The van der Waals surface area contributed by atoms with E-state index >= 15 is 0 Å². The normalized spacial score (nSPS) is 11.0. The van der Waals surface area contributed by atoms with E-state index < -0.39 is 0 Å². The molecule has 0 radical (unpaired) electrons. The molecule has 2 aromatic rings. The second-order valence-electron chi connectivity index (χ2n) is 5.22. The lowest BCUT2D eigenvalue weighted by Gasteiger charge is -2.09. The Bertz CT molecular complexity index is 791. The number of nitrogens with one attached hydrogen (secondary N) is 1. The molecule has 0 bridgehead atoms. The van der Waals surface area contributed by atoms with Crippen LogP contribution < -0.4 is 5.32 Å². The van der Waals surface area contributed by atoms with Crippen LogP contribution in [0.5, 0.6) is 5.75 Å². The maximum absolute atomic E-state index is 12.0. The zero-order valence-corrected chi connectivity index (χ0v) is 14.1. The minimum atomic E-state index is -0.313. The predicted octanol–water partition coefficient (Wildman–Crippen LogP) is 2.61. The van der Waals surface area contributed by atoms with Gasteiger partial charge in [-0.05, 0) is 31.5 Å². The van der Waals surface area contributed by atoms with Gasteiger partial charge in [-0.25, -0.2) is 0 Å². The van der Waals surface area contributed by atoms with Crippen LogP contribution in [0.3, 0.4) is 0 Å². The molecule has 0 saturated carbocycles. The molecule has 0 atom stereocenters. The fraction of sp³-hybridized carbons (Fsp3) is 0.235. The molecule has 1 aromatic heterocycles. The highest BCUT2D eigenvalue weighted by Crippen LogP contribution is 2.23. The average Bonchev–Trinajstić information content (AvgIpc) is 2.56. The molecule has 0 fully saturated rings. The van der Waals surface area contributed by atoms with E-state index in [4.69, 9.17) is 11.6 Å². The Kier molecular flexibility index (Phi) is 5.89. The number of benzene rings is 1. The number of carbonyl (C=O) groups is 1. The van der Waals surface area contributed by atoms with Gasteiger partial charge in [0, 0.05) is 34.2 Å². The largest absolute Gasteiger partial charge is 0.505 e. The Balaban J connectivity index is 2.08. The SMILES string of the molecule is Cc1ncc(CO)c(C=NCC(=O)Nc2cccc(Cl)c2C)c1O. The summed E-state index contributed by atoms with van der Waals surface area (Å²) in [4.78, 5) is 20.0. The van der Waals surface area contributed by atoms with Crippen LogP contribution in [0.25, 0.3) is 0 Å². The number of rotatable bonds is 5. The van der Waals surface area contributed by atoms with Crippen molar-refractivity contribution in [2.75, 3.05) is 11.9 Å². The number of pyridine rings is 1. The molecule has 0 aliphatic carbocycles. The second kappa shape index (κ2) is 7.90. The molecule has 1 heterocycles. The summed E-state index contributed by atoms with van der Waals surface area (Å²) in [5.74, 6) is -0.371. The third-order valence-corrected chi connectivity index (χ3v) is 3.93. The summed E-state index contributed by atoms with van der Waals surface area (Å²) >= 11 is 6.01. The Hall–Kier alpha value is -2.44. The lowest BCUT2D eigenvalue weighted by atomic mass is 10.1. The number of aliphatic imine (C=N–C) groups is 1. The zero-order valence-electron chi connectivity index (χ0n) is 13.4. The van der Waals surface area contributed by atoms with Crippen LogP contribution in [0.2, 0.25) is 5.02 Å². The molecular weight excluding hydrogens is 330 g/mol. The molecule has 0 aliphatic heterocycles. The van der Waals surface area contributed by atoms with Crippen molar-refractivity contribution in [1.29, 1.82) is 0 Å². The smallest absolute Gasteiger partial charge is 0.246 e. The molecule has 7 heteroatoms. The number of aliphatic hydroxyl groups excluding tert-OH is 1. The third-order valence-electron chi connectivity index (χ3n) is 3.53. The summed E-state index contributed by atoms with van der Waals surface area (Å²) in [5.41, 5.74) is 2.63. The maximum Gasteiger partial charge on any atom is 0.246 e. The number of amides is 1. The van der Waals surface area contributed by atoms with Crippen molar-refractivity contribution in [3.63, 3.8) is 0 Å². The fourth-order valence-corrected chi connectivity index (χ4v) is 2.25. The van der Waals surface area contributed by atoms with Crippen molar-refractivity contribution in [2.45, 2.75) is 20.5 Å². The summed E-state index contributed by atoms with van der Waals surface area (Å²) < 4.78 is 0. The molecular formula is C17H18ClN3O3. The molecule has 1 amide bonds. The molecule has 0 aliphatic rings. The third kappa shape index (κ3) is 4.10. The molecule has 1 aromatic carbocycles. The quantitative estimate of drug-likeness (QED) is 0.724. The summed E-state index contributed by atoms with van der Waals surface area (Å²) in [7, 11) is 0. The molecule has 6 nitrogen and oxygen atoms in total. The molecule has 3 N–H and O–H groups in total. The van der Waals surface area contributed by atoms with Crippen molar-refractivity contribution >= 4 is 29.4 Å². The van der Waals surface area contributed by atoms with E-state index in [-0.39, 0.29) is 24.8 Å². The van der Waals surface area contributed by atoms with E-state index in [1.165, 1.54) is 12.4 Å². The Morgan fingerprint density at radius 1 is 1.42 bits per heavy atom. The van der Waals surface area contributed by atoms with Crippen LogP contribution in [0.4, 0.5) is 5.69 Å². The van der Waals surface area contributed by atoms with Crippen molar-refractivity contribution in [3.05, 3.63) is 51.8 Å². The van der Waals surface area contributed by atoms with Gasteiger partial charge in [-0.3, -0.25) is 14.8 Å². The molecule has 0 saturated heterocycles. The number of anilines is 1. The highest BCUT2D eigenvalue weighted by atomic mass is 35.5. The van der Waals surface area contributed by atoms with Gasteiger partial charge in [0.15, 0.2) is 0 Å². The number of hydrogen-bond donors (Lipinski definition) is 3. The Labute approximate surface area is 144 Å². The van der Waals surface area contributed by atoms with Gasteiger partial charge in [0.05, 0.1) is 12.3 Å². The number of halogens is 1. The van der Waals surface area contributed by atoms with Crippen LogP contribution in [-0.2, 0) is 11.4 Å². The lowest BCUT2D eigenvalue weighted by molar-refractivity contribution is -0.114. The monoisotopic (exact) mass is 347 g/mol.